The molecule has 0 saturated heterocycles. The van der Waals surface area contributed by atoms with Crippen LogP contribution in [0, 0.1) is 5.92 Å². The molecule has 0 spiro atoms. The Balaban J connectivity index is 0. The van der Waals surface area contributed by atoms with Crippen molar-refractivity contribution in [1.82, 2.24) is 5.32 Å². The number of hydrogen-bond donors (Lipinski definition) is 1. The lowest BCUT2D eigenvalue weighted by Gasteiger charge is -2.06. The molecule has 0 aliphatic rings. The van der Waals surface area contributed by atoms with Crippen LogP contribution >= 0.6 is 12.4 Å². The molecule has 1 atom stereocenters. The predicted octanol–water partition coefficient (Wildman–Crippen LogP) is 2.06. The van der Waals surface area contributed by atoms with Crippen molar-refractivity contribution in [2.24, 2.45) is 5.92 Å². The van der Waals surface area contributed by atoms with Gasteiger partial charge in [-0.15, -0.1) is 12.4 Å². The molecule has 0 radical (unpaired) electrons. The van der Waals surface area contributed by atoms with Crippen molar-refractivity contribution < 1.29 is 0 Å². The molecule has 1 unspecified atom stereocenters. The maximum atomic E-state index is 3.15. The minimum Gasteiger partial charge on any atom is -0.319 e. The Morgan fingerprint density at radius 3 is 2.33 bits per heavy atom. The van der Waals surface area contributed by atoms with Crippen LogP contribution in [0.15, 0.2) is 0 Å². The second kappa shape index (κ2) is 8.25. The zero-order valence-electron chi connectivity index (χ0n) is 6.61. The molecule has 0 fully saturated rings. The van der Waals surface area contributed by atoms with Crippen molar-refractivity contribution in [2.75, 3.05) is 13.6 Å². The quantitative estimate of drug-likeness (QED) is 0.649. The normalized spacial score (nSPS) is 12.3. The first-order valence-electron chi connectivity index (χ1n) is 3.45. The van der Waals surface area contributed by atoms with E-state index in [-0.39, 0.29) is 12.4 Å². The van der Waals surface area contributed by atoms with E-state index in [4.69, 9.17) is 0 Å². The minimum atomic E-state index is 0. The Hall–Kier alpha value is 0.250. The van der Waals surface area contributed by atoms with Crippen LogP contribution in [0.25, 0.3) is 0 Å². The van der Waals surface area contributed by atoms with Crippen LogP contribution < -0.4 is 5.32 Å². The van der Waals surface area contributed by atoms with Gasteiger partial charge in [-0.3, -0.25) is 0 Å². The first-order chi connectivity index (χ1) is 3.81. The molecule has 58 valence electrons. The first-order valence-corrected chi connectivity index (χ1v) is 3.45. The summed E-state index contributed by atoms with van der Waals surface area (Å²) in [6, 6.07) is 0. The standard InChI is InChI=1S/C7H17N.ClH/c1-4-5-7(2)6-8-3;/h7-8H,4-6H2,1-3H3;1H. The van der Waals surface area contributed by atoms with Crippen molar-refractivity contribution in [1.29, 1.82) is 0 Å². The monoisotopic (exact) mass is 151 g/mol. The molecule has 0 amide bonds. The molecule has 1 N–H and O–H groups in total. The highest BCUT2D eigenvalue weighted by Crippen LogP contribution is 2.01. The van der Waals surface area contributed by atoms with Crippen LogP contribution in [0.5, 0.6) is 0 Å². The molecule has 9 heavy (non-hydrogen) atoms. The van der Waals surface area contributed by atoms with E-state index < -0.39 is 0 Å². The fourth-order valence-corrected chi connectivity index (χ4v) is 0.943. The molecular weight excluding hydrogens is 134 g/mol. The van der Waals surface area contributed by atoms with Crippen LogP contribution in [-0.2, 0) is 0 Å². The Morgan fingerprint density at radius 2 is 2.00 bits per heavy atom. The van der Waals surface area contributed by atoms with Crippen LogP contribution in [0.3, 0.4) is 0 Å². The van der Waals surface area contributed by atoms with Crippen molar-refractivity contribution in [3.63, 3.8) is 0 Å². The number of rotatable bonds is 4. The summed E-state index contributed by atoms with van der Waals surface area (Å²) >= 11 is 0. The summed E-state index contributed by atoms with van der Waals surface area (Å²) < 4.78 is 0. The van der Waals surface area contributed by atoms with Crippen LogP contribution in [0.2, 0.25) is 0 Å². The van der Waals surface area contributed by atoms with Gasteiger partial charge in [0.15, 0.2) is 0 Å². The van der Waals surface area contributed by atoms with Gasteiger partial charge in [-0.2, -0.15) is 0 Å². The number of halogens is 1. The number of nitrogens with one attached hydrogen (secondary N) is 1. The highest BCUT2D eigenvalue weighted by atomic mass is 35.5. The summed E-state index contributed by atoms with van der Waals surface area (Å²) in [6.07, 6.45) is 2.66. The molecule has 1 nitrogen and oxygen atoms in total. The molecule has 2 heteroatoms. The molecule has 0 saturated carbocycles. The second-order valence-electron chi connectivity index (χ2n) is 2.45. The van der Waals surface area contributed by atoms with E-state index in [2.05, 4.69) is 19.2 Å². The Labute approximate surface area is 64.6 Å². The third-order valence-electron chi connectivity index (χ3n) is 1.33. The largest absolute Gasteiger partial charge is 0.319 e. The maximum absolute atomic E-state index is 3.15. The van der Waals surface area contributed by atoms with Gasteiger partial charge in [0.2, 0.25) is 0 Å². The third-order valence-corrected chi connectivity index (χ3v) is 1.33. The summed E-state index contributed by atoms with van der Waals surface area (Å²) in [7, 11) is 2.01. The van der Waals surface area contributed by atoms with Crippen molar-refractivity contribution in [2.45, 2.75) is 26.7 Å². The van der Waals surface area contributed by atoms with E-state index in [1.807, 2.05) is 7.05 Å². The smallest absolute Gasteiger partial charge is 0.00262 e. The topological polar surface area (TPSA) is 12.0 Å². The fraction of sp³-hybridized carbons (Fsp3) is 1.00. The van der Waals surface area contributed by atoms with E-state index in [9.17, 15) is 0 Å². The van der Waals surface area contributed by atoms with Gasteiger partial charge in [-0.1, -0.05) is 20.3 Å². The van der Waals surface area contributed by atoms with Gasteiger partial charge in [-0.05, 0) is 25.9 Å². The summed E-state index contributed by atoms with van der Waals surface area (Å²) in [4.78, 5) is 0. The van der Waals surface area contributed by atoms with Crippen molar-refractivity contribution in [3.05, 3.63) is 0 Å². The Bertz CT molecular complexity index is 42.2. The van der Waals surface area contributed by atoms with Crippen molar-refractivity contribution in [3.8, 4) is 0 Å². The molecule has 0 heterocycles. The molecule has 0 aliphatic carbocycles. The van der Waals surface area contributed by atoms with E-state index in [1.54, 1.807) is 0 Å². The van der Waals surface area contributed by atoms with Crippen LogP contribution in [0.4, 0.5) is 0 Å². The van der Waals surface area contributed by atoms with E-state index >= 15 is 0 Å². The fourth-order valence-electron chi connectivity index (χ4n) is 0.943. The first kappa shape index (κ1) is 12.0. The van der Waals surface area contributed by atoms with Crippen LogP contribution in [-0.4, -0.2) is 13.6 Å². The van der Waals surface area contributed by atoms with E-state index in [1.165, 1.54) is 12.8 Å². The van der Waals surface area contributed by atoms with E-state index in [0.29, 0.717) is 0 Å². The zero-order valence-corrected chi connectivity index (χ0v) is 7.42. The average Bonchev–Trinajstić information content (AvgIpc) is 1.68. The lowest BCUT2D eigenvalue weighted by molar-refractivity contribution is 0.498. The average molecular weight is 152 g/mol. The maximum Gasteiger partial charge on any atom is -0.00262 e. The second-order valence-corrected chi connectivity index (χ2v) is 2.45. The van der Waals surface area contributed by atoms with Gasteiger partial charge in [0.1, 0.15) is 0 Å². The van der Waals surface area contributed by atoms with Gasteiger partial charge in [0.25, 0.3) is 0 Å². The third kappa shape index (κ3) is 8.25. The van der Waals surface area contributed by atoms with Gasteiger partial charge in [0, 0.05) is 0 Å². The molecule has 0 bridgehead atoms. The summed E-state index contributed by atoms with van der Waals surface area (Å²) in [5, 5.41) is 3.15. The molecule has 0 aromatic heterocycles. The van der Waals surface area contributed by atoms with Gasteiger partial charge >= 0.3 is 0 Å². The van der Waals surface area contributed by atoms with Gasteiger partial charge in [-0.25, -0.2) is 0 Å². The van der Waals surface area contributed by atoms with E-state index in [0.717, 1.165) is 12.5 Å². The van der Waals surface area contributed by atoms with Crippen molar-refractivity contribution >= 4 is 12.4 Å². The molecule has 0 aliphatic heterocycles. The lowest BCUT2D eigenvalue weighted by atomic mass is 10.1. The highest BCUT2D eigenvalue weighted by molar-refractivity contribution is 5.85. The predicted molar refractivity (Wildman–Crippen MR) is 45.2 cm³/mol. The summed E-state index contributed by atoms with van der Waals surface area (Å²) in [6.45, 7) is 5.67. The van der Waals surface area contributed by atoms with Gasteiger partial charge in [0.05, 0.1) is 0 Å². The molecule has 0 aromatic rings. The Kier molecular flexibility index (Phi) is 11.0. The van der Waals surface area contributed by atoms with Gasteiger partial charge < -0.3 is 5.32 Å². The minimum absolute atomic E-state index is 0. The zero-order chi connectivity index (χ0) is 6.41. The Morgan fingerprint density at radius 1 is 1.44 bits per heavy atom. The van der Waals surface area contributed by atoms with Crippen LogP contribution in [0.1, 0.15) is 26.7 Å². The summed E-state index contributed by atoms with van der Waals surface area (Å²) in [5.41, 5.74) is 0. The summed E-state index contributed by atoms with van der Waals surface area (Å²) in [5.74, 6) is 0.852. The highest BCUT2D eigenvalue weighted by Gasteiger charge is 1.95. The molecule has 0 rings (SSSR count). The molecular formula is C7H18ClN. The number of hydrogen-bond acceptors (Lipinski definition) is 1. The SMILES string of the molecule is CCCC(C)CNC.Cl. The molecule has 0 aromatic carbocycles. The lowest BCUT2D eigenvalue weighted by Crippen LogP contribution is -2.15.